The van der Waals surface area contributed by atoms with Gasteiger partial charge >= 0.3 is 0 Å². The standard InChI is InChI=1S/C29H50/c1-19(2)9-8-10-21(4)24-11-12-25-23-18-22(5)27-17-20(3)13-15-29(27,7)26(23)14-16-28(24,25)6/h19-21,23-27H,5,8-18H2,1-4,6-7H3. The third-order valence-corrected chi connectivity index (χ3v) is 11.1. The third-order valence-electron chi connectivity index (χ3n) is 11.1. The molecule has 4 rings (SSSR count). The number of fused-ring (bicyclic) bond motifs is 5. The maximum Gasteiger partial charge on any atom is -0.0147 e. The normalized spacial score (nSPS) is 48.2. The average molecular weight is 399 g/mol. The van der Waals surface area contributed by atoms with Crippen molar-refractivity contribution in [2.45, 2.75) is 112 Å². The van der Waals surface area contributed by atoms with Gasteiger partial charge in [0.05, 0.1) is 0 Å². The van der Waals surface area contributed by atoms with Gasteiger partial charge in [0, 0.05) is 0 Å². The van der Waals surface area contributed by atoms with Crippen LogP contribution in [0.1, 0.15) is 112 Å². The van der Waals surface area contributed by atoms with Crippen molar-refractivity contribution in [3.05, 3.63) is 12.2 Å². The van der Waals surface area contributed by atoms with Crippen LogP contribution in [0.4, 0.5) is 0 Å². The van der Waals surface area contributed by atoms with Crippen molar-refractivity contribution >= 4 is 0 Å². The van der Waals surface area contributed by atoms with Crippen molar-refractivity contribution in [3.63, 3.8) is 0 Å². The van der Waals surface area contributed by atoms with Gasteiger partial charge in [0.15, 0.2) is 0 Å². The van der Waals surface area contributed by atoms with Crippen LogP contribution in [0.25, 0.3) is 0 Å². The zero-order valence-electron chi connectivity index (χ0n) is 20.6. The number of hydrogen-bond acceptors (Lipinski definition) is 0. The van der Waals surface area contributed by atoms with Gasteiger partial charge in [-0.05, 0) is 103 Å². The number of rotatable bonds is 5. The first-order chi connectivity index (χ1) is 13.7. The molecule has 0 heterocycles. The maximum atomic E-state index is 4.72. The Morgan fingerprint density at radius 1 is 0.931 bits per heavy atom. The van der Waals surface area contributed by atoms with Crippen LogP contribution in [0.3, 0.4) is 0 Å². The molecule has 4 saturated carbocycles. The van der Waals surface area contributed by atoms with Gasteiger partial charge in [-0.1, -0.05) is 79.4 Å². The summed E-state index contributed by atoms with van der Waals surface area (Å²) in [6, 6.07) is 0. The zero-order valence-corrected chi connectivity index (χ0v) is 20.6. The third kappa shape index (κ3) is 3.67. The second kappa shape index (κ2) is 8.02. The quantitative estimate of drug-likeness (QED) is 0.405. The topological polar surface area (TPSA) is 0 Å². The van der Waals surface area contributed by atoms with E-state index in [4.69, 9.17) is 6.58 Å². The molecule has 0 saturated heterocycles. The van der Waals surface area contributed by atoms with Crippen LogP contribution in [-0.4, -0.2) is 0 Å². The molecule has 4 aliphatic rings. The highest BCUT2D eigenvalue weighted by Gasteiger charge is 2.61. The van der Waals surface area contributed by atoms with Crippen LogP contribution in [0.5, 0.6) is 0 Å². The highest BCUT2D eigenvalue weighted by molar-refractivity contribution is 5.20. The molecule has 0 aliphatic heterocycles. The lowest BCUT2D eigenvalue weighted by atomic mass is 9.43. The van der Waals surface area contributed by atoms with Gasteiger partial charge < -0.3 is 0 Å². The van der Waals surface area contributed by atoms with E-state index in [1.807, 2.05) is 0 Å². The second-order valence-corrected chi connectivity index (χ2v) is 13.2. The summed E-state index contributed by atoms with van der Waals surface area (Å²) in [4.78, 5) is 0. The van der Waals surface area contributed by atoms with Gasteiger partial charge in [-0.2, -0.15) is 0 Å². The summed E-state index contributed by atoms with van der Waals surface area (Å²) in [5.41, 5.74) is 2.83. The molecule has 0 amide bonds. The summed E-state index contributed by atoms with van der Waals surface area (Å²) in [6.45, 7) is 20.0. The molecule has 9 unspecified atom stereocenters. The Hall–Kier alpha value is -0.260. The monoisotopic (exact) mass is 398 g/mol. The lowest BCUT2D eigenvalue weighted by Crippen LogP contribution is -2.54. The van der Waals surface area contributed by atoms with Crippen LogP contribution in [0.15, 0.2) is 12.2 Å². The van der Waals surface area contributed by atoms with E-state index in [0.717, 1.165) is 47.3 Å². The van der Waals surface area contributed by atoms with Gasteiger partial charge in [-0.25, -0.2) is 0 Å². The van der Waals surface area contributed by atoms with Crippen LogP contribution in [0.2, 0.25) is 0 Å². The van der Waals surface area contributed by atoms with Crippen LogP contribution >= 0.6 is 0 Å². The first-order valence-electron chi connectivity index (χ1n) is 13.3. The predicted octanol–water partition coefficient (Wildman–Crippen LogP) is 8.91. The van der Waals surface area contributed by atoms with Gasteiger partial charge in [0.25, 0.3) is 0 Å². The molecule has 4 aliphatic carbocycles. The molecular formula is C29H50. The Bertz CT molecular complexity index is 601. The van der Waals surface area contributed by atoms with E-state index in [2.05, 4.69) is 41.5 Å². The van der Waals surface area contributed by atoms with Crippen LogP contribution < -0.4 is 0 Å². The van der Waals surface area contributed by atoms with Gasteiger partial charge in [0.1, 0.15) is 0 Å². The first-order valence-corrected chi connectivity index (χ1v) is 13.3. The Kier molecular flexibility index (Phi) is 6.07. The van der Waals surface area contributed by atoms with Gasteiger partial charge in [-0.15, -0.1) is 0 Å². The minimum absolute atomic E-state index is 0.564. The Balaban J connectivity index is 1.50. The molecule has 166 valence electrons. The Morgan fingerprint density at radius 3 is 2.34 bits per heavy atom. The largest absolute Gasteiger partial charge is 0.0995 e. The summed E-state index contributed by atoms with van der Waals surface area (Å²) in [5, 5.41) is 0. The van der Waals surface area contributed by atoms with E-state index in [1.165, 1.54) is 70.6 Å². The summed E-state index contributed by atoms with van der Waals surface area (Å²) in [7, 11) is 0. The highest BCUT2D eigenvalue weighted by Crippen LogP contribution is 2.69. The van der Waals surface area contributed by atoms with Crippen molar-refractivity contribution < 1.29 is 0 Å². The van der Waals surface area contributed by atoms with Crippen molar-refractivity contribution in [1.29, 1.82) is 0 Å². The molecule has 0 aromatic heterocycles. The molecule has 0 N–H and O–H groups in total. The molecular weight excluding hydrogens is 348 g/mol. The van der Waals surface area contributed by atoms with E-state index in [0.29, 0.717) is 10.8 Å². The minimum atomic E-state index is 0.564. The number of allylic oxidation sites excluding steroid dienone is 1. The smallest absolute Gasteiger partial charge is 0.0147 e. The van der Waals surface area contributed by atoms with E-state index in [1.54, 1.807) is 5.57 Å². The average Bonchev–Trinajstić information content (AvgIpc) is 3.00. The van der Waals surface area contributed by atoms with E-state index >= 15 is 0 Å². The lowest BCUT2D eigenvalue weighted by molar-refractivity contribution is -0.0992. The van der Waals surface area contributed by atoms with Crippen molar-refractivity contribution in [2.24, 2.45) is 58.2 Å². The van der Waals surface area contributed by atoms with Crippen LogP contribution in [-0.2, 0) is 0 Å². The Labute approximate surface area is 182 Å². The summed E-state index contributed by atoms with van der Waals surface area (Å²) in [6.07, 6.45) is 16.1. The summed E-state index contributed by atoms with van der Waals surface area (Å²) < 4.78 is 0. The molecule has 0 heteroatoms. The molecule has 0 aromatic carbocycles. The highest BCUT2D eigenvalue weighted by atomic mass is 14.7. The fraction of sp³-hybridized carbons (Fsp3) is 0.931. The second-order valence-electron chi connectivity index (χ2n) is 13.2. The van der Waals surface area contributed by atoms with Crippen molar-refractivity contribution in [3.8, 4) is 0 Å². The first kappa shape index (κ1) is 22.0. The number of hydrogen-bond donors (Lipinski definition) is 0. The van der Waals surface area contributed by atoms with Crippen molar-refractivity contribution in [2.75, 3.05) is 0 Å². The fourth-order valence-electron chi connectivity index (χ4n) is 9.46. The molecule has 0 aromatic rings. The summed E-state index contributed by atoms with van der Waals surface area (Å²) >= 11 is 0. The lowest BCUT2D eigenvalue weighted by Gasteiger charge is -2.62. The molecule has 0 nitrogen and oxygen atoms in total. The molecule has 0 spiro atoms. The molecule has 0 radical (unpaired) electrons. The van der Waals surface area contributed by atoms with Gasteiger partial charge in [-0.3, -0.25) is 0 Å². The summed E-state index contributed by atoms with van der Waals surface area (Å²) in [5.74, 6) is 7.42. The zero-order chi connectivity index (χ0) is 21.0. The Morgan fingerprint density at radius 2 is 1.62 bits per heavy atom. The molecule has 4 fully saturated rings. The van der Waals surface area contributed by atoms with E-state index in [-0.39, 0.29) is 0 Å². The fourth-order valence-corrected chi connectivity index (χ4v) is 9.46. The molecule has 29 heavy (non-hydrogen) atoms. The van der Waals surface area contributed by atoms with E-state index in [9.17, 15) is 0 Å². The van der Waals surface area contributed by atoms with Crippen LogP contribution in [0, 0.1) is 58.2 Å². The minimum Gasteiger partial charge on any atom is -0.0995 e. The molecule has 0 bridgehead atoms. The molecule has 9 atom stereocenters. The maximum absolute atomic E-state index is 4.72. The predicted molar refractivity (Wildman–Crippen MR) is 127 cm³/mol. The SMILES string of the molecule is C=C1CC2C(CCC3(C)C(C(C)CCCC(C)C)CCC23)C2(C)CCC(C)CC12. The van der Waals surface area contributed by atoms with Gasteiger partial charge in [0.2, 0.25) is 0 Å². The van der Waals surface area contributed by atoms with Crippen molar-refractivity contribution in [1.82, 2.24) is 0 Å². The van der Waals surface area contributed by atoms with E-state index < -0.39 is 0 Å².